The second kappa shape index (κ2) is 6.54. The van der Waals surface area contributed by atoms with Crippen LogP contribution in [0, 0.1) is 13.8 Å². The van der Waals surface area contributed by atoms with Crippen LogP contribution in [0.4, 0.5) is 5.69 Å². The molecule has 0 radical (unpaired) electrons. The van der Waals surface area contributed by atoms with E-state index in [0.717, 1.165) is 11.1 Å². The monoisotopic (exact) mass is 319 g/mol. The molecule has 0 aliphatic carbocycles. The maximum absolute atomic E-state index is 12.6. The maximum atomic E-state index is 12.6. The van der Waals surface area contributed by atoms with Gasteiger partial charge in [0.05, 0.1) is 6.26 Å². The van der Waals surface area contributed by atoms with E-state index >= 15 is 0 Å². The molecule has 24 heavy (non-hydrogen) atoms. The van der Waals surface area contributed by atoms with E-state index in [-0.39, 0.29) is 17.5 Å². The van der Waals surface area contributed by atoms with Crippen LogP contribution in [0.5, 0.6) is 0 Å². The molecule has 0 spiro atoms. The number of carbonyl (C=O) groups is 2. The predicted octanol–water partition coefficient (Wildman–Crippen LogP) is 4.38. The normalized spacial score (nSPS) is 10.4. The fraction of sp³-hybridized carbons (Fsp3) is 0.100. The van der Waals surface area contributed by atoms with Crippen LogP contribution in [0.1, 0.15) is 37.6 Å². The Bertz CT molecular complexity index is 895. The van der Waals surface area contributed by atoms with Crippen molar-refractivity contribution in [1.29, 1.82) is 0 Å². The quantitative estimate of drug-likeness (QED) is 0.726. The lowest BCUT2D eigenvalue weighted by Crippen LogP contribution is -2.11. The first-order chi connectivity index (χ1) is 11.5. The number of rotatable bonds is 4. The zero-order valence-electron chi connectivity index (χ0n) is 13.5. The molecule has 4 heteroatoms. The fourth-order valence-electron chi connectivity index (χ4n) is 2.39. The van der Waals surface area contributed by atoms with Crippen molar-refractivity contribution in [1.82, 2.24) is 0 Å². The van der Waals surface area contributed by atoms with Crippen LogP contribution in [-0.2, 0) is 0 Å². The van der Waals surface area contributed by atoms with E-state index in [0.29, 0.717) is 16.8 Å². The smallest absolute Gasteiger partial charge is 0.291 e. The Morgan fingerprint density at radius 3 is 2.38 bits per heavy atom. The molecule has 1 N–H and O–H groups in total. The largest absolute Gasteiger partial charge is 0.459 e. The van der Waals surface area contributed by atoms with Crippen molar-refractivity contribution in [2.24, 2.45) is 0 Å². The number of hydrogen-bond donors (Lipinski definition) is 1. The highest BCUT2D eigenvalue weighted by Crippen LogP contribution is 2.18. The molecule has 3 aromatic rings. The van der Waals surface area contributed by atoms with Gasteiger partial charge in [-0.15, -0.1) is 0 Å². The van der Waals surface area contributed by atoms with Crippen LogP contribution in [0.25, 0.3) is 0 Å². The van der Waals surface area contributed by atoms with Crippen LogP contribution in [0.15, 0.2) is 65.3 Å². The van der Waals surface area contributed by atoms with Gasteiger partial charge in [0.15, 0.2) is 11.5 Å². The third kappa shape index (κ3) is 3.27. The zero-order valence-corrected chi connectivity index (χ0v) is 13.5. The molecular weight excluding hydrogens is 302 g/mol. The molecule has 1 aromatic heterocycles. The molecule has 0 unspecified atom stereocenters. The molecule has 4 nitrogen and oxygen atoms in total. The van der Waals surface area contributed by atoms with Gasteiger partial charge in [0.2, 0.25) is 0 Å². The molecule has 0 aliphatic rings. The summed E-state index contributed by atoms with van der Waals surface area (Å²) in [5, 5.41) is 2.73. The first kappa shape index (κ1) is 15.7. The van der Waals surface area contributed by atoms with E-state index in [2.05, 4.69) is 5.32 Å². The molecule has 0 bridgehead atoms. The van der Waals surface area contributed by atoms with Gasteiger partial charge in [0, 0.05) is 16.8 Å². The highest BCUT2D eigenvalue weighted by molar-refractivity contribution is 6.10. The van der Waals surface area contributed by atoms with Crippen LogP contribution in [0.2, 0.25) is 0 Å². The Balaban J connectivity index is 1.83. The van der Waals surface area contributed by atoms with E-state index in [1.165, 1.54) is 6.26 Å². The summed E-state index contributed by atoms with van der Waals surface area (Å²) in [6, 6.07) is 15.7. The summed E-state index contributed by atoms with van der Waals surface area (Å²) in [6.07, 6.45) is 1.44. The third-order valence-electron chi connectivity index (χ3n) is 3.90. The minimum Gasteiger partial charge on any atom is -0.459 e. The summed E-state index contributed by atoms with van der Waals surface area (Å²) in [5.41, 5.74) is 3.92. The predicted molar refractivity (Wildman–Crippen MR) is 92.5 cm³/mol. The minimum atomic E-state index is -0.351. The molecule has 3 rings (SSSR count). The van der Waals surface area contributed by atoms with Crippen molar-refractivity contribution in [2.75, 3.05) is 5.32 Å². The Morgan fingerprint density at radius 1 is 0.875 bits per heavy atom. The summed E-state index contributed by atoms with van der Waals surface area (Å²) >= 11 is 0. The van der Waals surface area contributed by atoms with Gasteiger partial charge in [-0.05, 0) is 55.3 Å². The minimum absolute atomic E-state index is 0.0767. The lowest BCUT2D eigenvalue weighted by atomic mass is 9.99. The van der Waals surface area contributed by atoms with Crippen molar-refractivity contribution in [2.45, 2.75) is 13.8 Å². The standard InChI is InChI=1S/C20H17NO3/c1-13-8-9-16(11-14(13)2)19(22)15-5-3-6-17(12-15)21-20(23)18-7-4-10-24-18/h3-12H,1-2H3,(H,21,23). The van der Waals surface area contributed by atoms with Crippen molar-refractivity contribution >= 4 is 17.4 Å². The first-order valence-corrected chi connectivity index (χ1v) is 7.61. The summed E-state index contributed by atoms with van der Waals surface area (Å²) < 4.78 is 5.06. The topological polar surface area (TPSA) is 59.3 Å². The number of ketones is 1. The molecule has 2 aromatic carbocycles. The highest BCUT2D eigenvalue weighted by Gasteiger charge is 2.13. The van der Waals surface area contributed by atoms with E-state index in [1.807, 2.05) is 32.0 Å². The fourth-order valence-corrected chi connectivity index (χ4v) is 2.39. The van der Waals surface area contributed by atoms with Gasteiger partial charge < -0.3 is 9.73 Å². The Morgan fingerprint density at radius 2 is 1.67 bits per heavy atom. The number of carbonyl (C=O) groups excluding carboxylic acids is 2. The molecule has 0 atom stereocenters. The number of aryl methyl sites for hydroxylation is 2. The summed E-state index contributed by atoms with van der Waals surface area (Å²) in [6.45, 7) is 3.99. The first-order valence-electron chi connectivity index (χ1n) is 7.61. The van der Waals surface area contributed by atoms with Gasteiger partial charge in [-0.1, -0.05) is 24.3 Å². The van der Waals surface area contributed by atoms with Crippen LogP contribution < -0.4 is 5.32 Å². The SMILES string of the molecule is Cc1ccc(C(=O)c2cccc(NC(=O)c3ccco3)c2)cc1C. The Hall–Kier alpha value is -3.14. The van der Waals surface area contributed by atoms with Gasteiger partial charge in [-0.3, -0.25) is 9.59 Å². The van der Waals surface area contributed by atoms with Gasteiger partial charge >= 0.3 is 0 Å². The van der Waals surface area contributed by atoms with Crippen molar-refractivity contribution in [3.63, 3.8) is 0 Å². The van der Waals surface area contributed by atoms with E-state index in [4.69, 9.17) is 4.42 Å². The summed E-state index contributed by atoms with van der Waals surface area (Å²) in [7, 11) is 0. The van der Waals surface area contributed by atoms with Crippen molar-refractivity contribution in [3.05, 3.63) is 88.9 Å². The Labute approximate surface area is 140 Å². The van der Waals surface area contributed by atoms with Crippen LogP contribution in [-0.4, -0.2) is 11.7 Å². The third-order valence-corrected chi connectivity index (χ3v) is 3.90. The van der Waals surface area contributed by atoms with Gasteiger partial charge in [0.1, 0.15) is 0 Å². The summed E-state index contributed by atoms with van der Waals surface area (Å²) in [4.78, 5) is 24.7. The van der Waals surface area contributed by atoms with Crippen LogP contribution in [0.3, 0.4) is 0 Å². The molecule has 1 amide bonds. The van der Waals surface area contributed by atoms with Gasteiger partial charge in [-0.25, -0.2) is 0 Å². The highest BCUT2D eigenvalue weighted by atomic mass is 16.3. The van der Waals surface area contributed by atoms with E-state index in [1.54, 1.807) is 36.4 Å². The lowest BCUT2D eigenvalue weighted by Gasteiger charge is -2.07. The summed E-state index contributed by atoms with van der Waals surface area (Å²) in [5.74, 6) is -0.205. The zero-order chi connectivity index (χ0) is 17.1. The molecule has 0 aliphatic heterocycles. The molecule has 120 valence electrons. The van der Waals surface area contributed by atoms with Gasteiger partial charge in [-0.2, -0.15) is 0 Å². The number of nitrogens with one attached hydrogen (secondary N) is 1. The number of anilines is 1. The average Bonchev–Trinajstić information content (AvgIpc) is 3.12. The molecule has 1 heterocycles. The molecular formula is C20H17NO3. The number of benzene rings is 2. The van der Waals surface area contributed by atoms with Crippen LogP contribution >= 0.6 is 0 Å². The maximum Gasteiger partial charge on any atom is 0.291 e. The number of furan rings is 1. The molecule has 0 fully saturated rings. The average molecular weight is 319 g/mol. The second-order valence-corrected chi connectivity index (χ2v) is 5.64. The second-order valence-electron chi connectivity index (χ2n) is 5.64. The number of amides is 1. The molecule has 0 saturated heterocycles. The van der Waals surface area contributed by atoms with E-state index in [9.17, 15) is 9.59 Å². The van der Waals surface area contributed by atoms with Crippen molar-refractivity contribution < 1.29 is 14.0 Å². The molecule has 0 saturated carbocycles. The number of hydrogen-bond acceptors (Lipinski definition) is 3. The van der Waals surface area contributed by atoms with Crippen molar-refractivity contribution in [3.8, 4) is 0 Å². The lowest BCUT2D eigenvalue weighted by molar-refractivity contribution is 0.0994. The Kier molecular flexibility index (Phi) is 4.29. The van der Waals surface area contributed by atoms with E-state index < -0.39 is 0 Å². The van der Waals surface area contributed by atoms with Gasteiger partial charge in [0.25, 0.3) is 5.91 Å².